The molecule has 0 aliphatic carbocycles. The van der Waals surface area contributed by atoms with Gasteiger partial charge in [-0.25, -0.2) is 0 Å². The van der Waals surface area contributed by atoms with Crippen molar-refractivity contribution in [3.63, 3.8) is 0 Å². The van der Waals surface area contributed by atoms with Crippen LogP contribution in [0.5, 0.6) is 0 Å². The SMILES string of the molecule is CCNCNc1ccccc1[Si]. The number of benzene rings is 1. The van der Waals surface area contributed by atoms with E-state index in [1.165, 1.54) is 0 Å². The fourth-order valence-corrected chi connectivity index (χ4v) is 1.19. The summed E-state index contributed by atoms with van der Waals surface area (Å²) in [5.41, 5.74) is 1.12. The highest BCUT2D eigenvalue weighted by Gasteiger charge is 1.92. The van der Waals surface area contributed by atoms with Crippen molar-refractivity contribution in [3.05, 3.63) is 24.3 Å². The zero-order chi connectivity index (χ0) is 8.81. The minimum absolute atomic E-state index is 0.804. The molecule has 0 spiro atoms. The molecule has 3 radical (unpaired) electrons. The van der Waals surface area contributed by atoms with Gasteiger partial charge in [0.15, 0.2) is 0 Å². The van der Waals surface area contributed by atoms with E-state index in [0.717, 1.165) is 24.1 Å². The maximum absolute atomic E-state index is 3.51. The number of rotatable bonds is 4. The monoisotopic (exact) mass is 177 g/mol. The third-order valence-electron chi connectivity index (χ3n) is 1.58. The van der Waals surface area contributed by atoms with Crippen molar-refractivity contribution in [1.29, 1.82) is 0 Å². The normalized spacial score (nSPS) is 9.83. The molecule has 0 aromatic heterocycles. The van der Waals surface area contributed by atoms with E-state index in [9.17, 15) is 0 Å². The summed E-state index contributed by atoms with van der Waals surface area (Å²) < 4.78 is 0. The summed E-state index contributed by atoms with van der Waals surface area (Å²) in [7, 11) is 3.51. The minimum Gasteiger partial charge on any atom is -0.373 e. The average Bonchev–Trinajstić information content (AvgIpc) is 2.09. The number of para-hydroxylation sites is 1. The Hall–Kier alpha value is -0.803. The molecule has 0 saturated heterocycles. The Kier molecular flexibility index (Phi) is 3.83. The molecule has 12 heavy (non-hydrogen) atoms. The minimum atomic E-state index is 0.804. The van der Waals surface area contributed by atoms with Crippen LogP contribution in [0, 0.1) is 0 Å². The maximum atomic E-state index is 3.51. The number of hydrogen-bond acceptors (Lipinski definition) is 2. The number of hydrogen-bond donors (Lipinski definition) is 2. The van der Waals surface area contributed by atoms with Crippen LogP contribution in [0.1, 0.15) is 6.92 Å². The topological polar surface area (TPSA) is 24.1 Å². The van der Waals surface area contributed by atoms with Crippen molar-refractivity contribution in [1.82, 2.24) is 5.32 Å². The van der Waals surface area contributed by atoms with E-state index in [0.29, 0.717) is 0 Å². The van der Waals surface area contributed by atoms with Gasteiger partial charge >= 0.3 is 0 Å². The largest absolute Gasteiger partial charge is 0.373 e. The van der Waals surface area contributed by atoms with E-state index < -0.39 is 0 Å². The Morgan fingerprint density at radius 3 is 2.75 bits per heavy atom. The first-order chi connectivity index (χ1) is 5.84. The van der Waals surface area contributed by atoms with Crippen molar-refractivity contribution >= 4 is 21.1 Å². The van der Waals surface area contributed by atoms with Gasteiger partial charge in [0.25, 0.3) is 0 Å². The second-order valence-electron chi connectivity index (χ2n) is 2.50. The number of anilines is 1. The van der Waals surface area contributed by atoms with E-state index in [1.54, 1.807) is 0 Å². The summed E-state index contributed by atoms with van der Waals surface area (Å²) in [5, 5.41) is 7.54. The lowest BCUT2D eigenvalue weighted by molar-refractivity contribution is 0.771. The standard InChI is InChI=1S/C9H13N2Si/c1-2-10-7-11-8-5-3-4-6-9(8)12/h3-6,10-11H,2,7H2,1H3. The molecule has 2 nitrogen and oxygen atoms in total. The van der Waals surface area contributed by atoms with E-state index in [1.807, 2.05) is 24.3 Å². The highest BCUT2D eigenvalue weighted by atomic mass is 28.1. The molecule has 0 bridgehead atoms. The highest BCUT2D eigenvalue weighted by molar-refractivity contribution is 6.35. The van der Waals surface area contributed by atoms with Crippen LogP contribution in [0.25, 0.3) is 0 Å². The molecule has 1 aromatic rings. The summed E-state index contributed by atoms with van der Waals surface area (Å²) in [6.07, 6.45) is 0. The molecule has 0 amide bonds. The van der Waals surface area contributed by atoms with Gasteiger partial charge in [0.1, 0.15) is 0 Å². The fraction of sp³-hybridized carbons (Fsp3) is 0.333. The van der Waals surface area contributed by atoms with Crippen molar-refractivity contribution in [3.8, 4) is 0 Å². The van der Waals surface area contributed by atoms with Gasteiger partial charge in [0.2, 0.25) is 0 Å². The summed E-state index contributed by atoms with van der Waals surface area (Å²) in [5.74, 6) is 0. The first-order valence-corrected chi connectivity index (χ1v) is 4.60. The van der Waals surface area contributed by atoms with Gasteiger partial charge in [0.05, 0.1) is 16.9 Å². The predicted octanol–water partition coefficient (Wildman–Crippen LogP) is 0.459. The Bertz CT molecular complexity index is 238. The highest BCUT2D eigenvalue weighted by Crippen LogP contribution is 1.99. The van der Waals surface area contributed by atoms with Gasteiger partial charge in [-0.3, -0.25) is 0 Å². The second-order valence-corrected chi connectivity index (χ2v) is 3.04. The molecule has 0 saturated carbocycles. The summed E-state index contributed by atoms with van der Waals surface area (Å²) in [6, 6.07) is 8.07. The molecule has 63 valence electrons. The Morgan fingerprint density at radius 2 is 2.08 bits per heavy atom. The van der Waals surface area contributed by atoms with Crippen molar-refractivity contribution in [2.75, 3.05) is 18.5 Å². The Morgan fingerprint density at radius 1 is 1.33 bits per heavy atom. The molecule has 0 fully saturated rings. The Balaban J connectivity index is 2.46. The van der Waals surface area contributed by atoms with Crippen molar-refractivity contribution in [2.45, 2.75) is 6.92 Å². The van der Waals surface area contributed by atoms with Crippen molar-refractivity contribution < 1.29 is 0 Å². The summed E-state index contributed by atoms with van der Waals surface area (Å²) in [6.45, 7) is 3.87. The predicted molar refractivity (Wildman–Crippen MR) is 54.0 cm³/mol. The first kappa shape index (κ1) is 9.29. The molecule has 0 atom stereocenters. The van der Waals surface area contributed by atoms with Crippen LogP contribution in [0.4, 0.5) is 5.69 Å². The second kappa shape index (κ2) is 4.95. The molecule has 0 heterocycles. The third-order valence-corrected chi connectivity index (χ3v) is 2.02. The lowest BCUT2D eigenvalue weighted by Crippen LogP contribution is -2.24. The zero-order valence-electron chi connectivity index (χ0n) is 7.22. The van der Waals surface area contributed by atoms with Crippen LogP contribution in [0.3, 0.4) is 0 Å². The smallest absolute Gasteiger partial charge is 0.0741 e. The quantitative estimate of drug-likeness (QED) is 0.397. The van der Waals surface area contributed by atoms with Gasteiger partial charge in [0, 0.05) is 5.69 Å². The molecule has 0 aliphatic heterocycles. The lowest BCUT2D eigenvalue weighted by atomic mass is 10.3. The zero-order valence-corrected chi connectivity index (χ0v) is 8.22. The van der Waals surface area contributed by atoms with Crippen LogP contribution in [-0.4, -0.2) is 23.5 Å². The molecule has 3 heteroatoms. The van der Waals surface area contributed by atoms with Gasteiger partial charge in [-0.05, 0) is 17.8 Å². The summed E-state index contributed by atoms with van der Waals surface area (Å²) >= 11 is 0. The van der Waals surface area contributed by atoms with Crippen LogP contribution >= 0.6 is 0 Å². The average molecular weight is 177 g/mol. The Labute approximate surface area is 76.8 Å². The molecule has 1 aromatic carbocycles. The molecule has 0 aliphatic rings. The fourth-order valence-electron chi connectivity index (χ4n) is 0.920. The van der Waals surface area contributed by atoms with Crippen LogP contribution in [0.2, 0.25) is 0 Å². The van der Waals surface area contributed by atoms with Gasteiger partial charge < -0.3 is 10.6 Å². The van der Waals surface area contributed by atoms with E-state index in [2.05, 4.69) is 27.8 Å². The summed E-state index contributed by atoms with van der Waals surface area (Å²) in [4.78, 5) is 0. The van der Waals surface area contributed by atoms with Gasteiger partial charge in [-0.15, -0.1) is 0 Å². The number of nitrogens with one attached hydrogen (secondary N) is 2. The molecular weight excluding hydrogens is 164 g/mol. The first-order valence-electron chi connectivity index (χ1n) is 4.10. The van der Waals surface area contributed by atoms with Crippen molar-refractivity contribution in [2.24, 2.45) is 0 Å². The van der Waals surface area contributed by atoms with E-state index in [-0.39, 0.29) is 0 Å². The molecular formula is C9H13N2Si. The van der Waals surface area contributed by atoms with Crippen LogP contribution in [0.15, 0.2) is 24.3 Å². The van der Waals surface area contributed by atoms with Gasteiger partial charge in [-0.2, -0.15) is 0 Å². The molecule has 0 unspecified atom stereocenters. The maximum Gasteiger partial charge on any atom is 0.0741 e. The van der Waals surface area contributed by atoms with Gasteiger partial charge in [-0.1, -0.05) is 25.1 Å². The van der Waals surface area contributed by atoms with E-state index in [4.69, 9.17) is 0 Å². The van der Waals surface area contributed by atoms with Crippen LogP contribution in [-0.2, 0) is 0 Å². The lowest BCUT2D eigenvalue weighted by Gasteiger charge is -2.08. The van der Waals surface area contributed by atoms with Crippen LogP contribution < -0.4 is 15.8 Å². The molecule has 2 N–H and O–H groups in total. The third kappa shape index (κ3) is 2.68. The molecule has 1 rings (SSSR count). The van der Waals surface area contributed by atoms with E-state index >= 15 is 0 Å².